The average Bonchev–Trinajstić information content (AvgIpc) is 2.16. The Labute approximate surface area is 89.0 Å². The van der Waals surface area contributed by atoms with E-state index in [2.05, 4.69) is 9.72 Å². The molecule has 1 amide bonds. The zero-order valence-corrected chi connectivity index (χ0v) is 8.39. The number of carbonyl (C=O) groups is 1. The summed E-state index contributed by atoms with van der Waals surface area (Å²) in [6, 6.07) is 1.04. The largest absolute Gasteiger partial charge is 0.495 e. The number of amides is 1. The normalized spacial score (nSPS) is 10.5. The zero-order chi connectivity index (χ0) is 11.6. The molecule has 0 atom stereocenters. The molecule has 0 radical (unpaired) electrons. The molecule has 0 aromatic carbocycles. The van der Waals surface area contributed by atoms with Gasteiger partial charge in [-0.25, -0.2) is 13.8 Å². The molecule has 1 aromatic heterocycles. The van der Waals surface area contributed by atoms with E-state index >= 15 is 0 Å². The Morgan fingerprint density at radius 1 is 1.67 bits per heavy atom. The number of primary amides is 1. The van der Waals surface area contributed by atoms with E-state index in [-0.39, 0.29) is 16.5 Å². The van der Waals surface area contributed by atoms with Crippen LogP contribution >= 0.6 is 11.6 Å². The van der Waals surface area contributed by atoms with Crippen molar-refractivity contribution in [3.63, 3.8) is 0 Å². The molecule has 1 heterocycles. The smallest absolute Gasteiger partial charge is 0.284 e. The standard InChI is InChI=1S/C8H7ClF2N2O2/c1-15-4-2-3(8(12)14)6(9)13-5(4)7(10)11/h2,7H,1H3,(H2,12,14). The van der Waals surface area contributed by atoms with E-state index in [9.17, 15) is 13.6 Å². The average molecular weight is 237 g/mol. The molecule has 0 saturated heterocycles. The summed E-state index contributed by atoms with van der Waals surface area (Å²) >= 11 is 5.50. The van der Waals surface area contributed by atoms with Gasteiger partial charge in [0, 0.05) is 0 Å². The summed E-state index contributed by atoms with van der Waals surface area (Å²) < 4.78 is 29.5. The minimum absolute atomic E-state index is 0.155. The highest BCUT2D eigenvalue weighted by molar-refractivity contribution is 6.32. The van der Waals surface area contributed by atoms with Crippen LogP contribution < -0.4 is 10.5 Å². The van der Waals surface area contributed by atoms with Crippen molar-refractivity contribution >= 4 is 17.5 Å². The molecular formula is C8H7ClF2N2O2. The van der Waals surface area contributed by atoms with Gasteiger partial charge in [-0.05, 0) is 6.07 Å². The van der Waals surface area contributed by atoms with Gasteiger partial charge in [0.1, 0.15) is 16.6 Å². The lowest BCUT2D eigenvalue weighted by Crippen LogP contribution is -2.13. The summed E-state index contributed by atoms with van der Waals surface area (Å²) in [6.07, 6.45) is -2.83. The molecule has 0 aliphatic rings. The highest BCUT2D eigenvalue weighted by atomic mass is 35.5. The summed E-state index contributed by atoms with van der Waals surface area (Å²) in [4.78, 5) is 14.2. The summed E-state index contributed by atoms with van der Waals surface area (Å²) in [5.41, 5.74) is 4.19. The lowest BCUT2D eigenvalue weighted by molar-refractivity contribution is 0.0998. The Morgan fingerprint density at radius 3 is 2.67 bits per heavy atom. The fourth-order valence-corrected chi connectivity index (χ4v) is 1.22. The Bertz CT molecular complexity index is 398. The first-order valence-electron chi connectivity index (χ1n) is 3.79. The molecule has 1 rings (SSSR count). The summed E-state index contributed by atoms with van der Waals surface area (Å²) in [7, 11) is 1.18. The van der Waals surface area contributed by atoms with E-state index in [0.717, 1.165) is 6.07 Å². The highest BCUT2D eigenvalue weighted by Gasteiger charge is 2.20. The topological polar surface area (TPSA) is 65.2 Å². The van der Waals surface area contributed by atoms with Gasteiger partial charge >= 0.3 is 0 Å². The fourth-order valence-electron chi connectivity index (χ4n) is 0.978. The van der Waals surface area contributed by atoms with Crippen LogP contribution in [0.2, 0.25) is 5.15 Å². The van der Waals surface area contributed by atoms with E-state index < -0.39 is 18.0 Å². The Hall–Kier alpha value is -1.43. The monoisotopic (exact) mass is 236 g/mol. The second kappa shape index (κ2) is 4.39. The van der Waals surface area contributed by atoms with Crippen molar-refractivity contribution in [1.29, 1.82) is 0 Å². The van der Waals surface area contributed by atoms with Crippen molar-refractivity contribution in [2.24, 2.45) is 5.73 Å². The molecule has 7 heteroatoms. The van der Waals surface area contributed by atoms with Crippen LogP contribution in [0.5, 0.6) is 5.75 Å². The van der Waals surface area contributed by atoms with E-state index in [1.54, 1.807) is 0 Å². The first kappa shape index (κ1) is 11.6. The van der Waals surface area contributed by atoms with E-state index in [1.807, 2.05) is 0 Å². The molecule has 0 spiro atoms. The number of nitrogens with zero attached hydrogens (tertiary/aromatic N) is 1. The number of alkyl halides is 2. The first-order valence-corrected chi connectivity index (χ1v) is 4.17. The molecule has 0 aliphatic heterocycles. The second-order valence-corrected chi connectivity index (χ2v) is 2.94. The molecule has 0 unspecified atom stereocenters. The minimum atomic E-state index is -2.83. The van der Waals surface area contributed by atoms with Crippen LogP contribution in [0.25, 0.3) is 0 Å². The molecule has 1 aromatic rings. The van der Waals surface area contributed by atoms with Crippen LogP contribution in [0.4, 0.5) is 8.78 Å². The van der Waals surface area contributed by atoms with Crippen molar-refractivity contribution in [2.45, 2.75) is 6.43 Å². The number of rotatable bonds is 3. The van der Waals surface area contributed by atoms with Gasteiger partial charge in [0.2, 0.25) is 0 Å². The third kappa shape index (κ3) is 2.33. The summed E-state index contributed by atoms with van der Waals surface area (Å²) in [6.45, 7) is 0. The molecular weight excluding hydrogens is 230 g/mol. The van der Waals surface area contributed by atoms with Crippen LogP contribution in [-0.4, -0.2) is 18.0 Å². The molecule has 0 aliphatic carbocycles. The second-order valence-electron chi connectivity index (χ2n) is 2.58. The van der Waals surface area contributed by atoms with Gasteiger partial charge in [-0.15, -0.1) is 0 Å². The molecule has 15 heavy (non-hydrogen) atoms. The maximum absolute atomic E-state index is 12.4. The van der Waals surface area contributed by atoms with Crippen molar-refractivity contribution in [3.8, 4) is 5.75 Å². The van der Waals surface area contributed by atoms with Crippen molar-refractivity contribution in [2.75, 3.05) is 7.11 Å². The predicted octanol–water partition coefficient (Wildman–Crippen LogP) is 1.78. The third-order valence-corrected chi connectivity index (χ3v) is 1.95. The highest BCUT2D eigenvalue weighted by Crippen LogP contribution is 2.30. The number of ether oxygens (including phenoxy) is 1. The van der Waals surface area contributed by atoms with Crippen molar-refractivity contribution in [1.82, 2.24) is 4.98 Å². The van der Waals surface area contributed by atoms with Crippen LogP contribution in [0.1, 0.15) is 22.5 Å². The molecule has 0 bridgehead atoms. The number of hydrogen-bond acceptors (Lipinski definition) is 3. The molecule has 0 fully saturated rings. The predicted molar refractivity (Wildman–Crippen MR) is 49.3 cm³/mol. The Kier molecular flexibility index (Phi) is 3.41. The van der Waals surface area contributed by atoms with Gasteiger partial charge in [0.25, 0.3) is 12.3 Å². The number of halogens is 3. The number of nitrogens with two attached hydrogens (primary N) is 1. The molecule has 0 saturated carbocycles. The number of hydrogen-bond donors (Lipinski definition) is 1. The maximum Gasteiger partial charge on any atom is 0.284 e. The van der Waals surface area contributed by atoms with Crippen LogP contribution in [0.15, 0.2) is 6.07 Å². The molecule has 4 nitrogen and oxygen atoms in total. The zero-order valence-electron chi connectivity index (χ0n) is 7.63. The van der Waals surface area contributed by atoms with Gasteiger partial charge in [-0.3, -0.25) is 4.79 Å². The van der Waals surface area contributed by atoms with Crippen LogP contribution in [-0.2, 0) is 0 Å². The first-order chi connectivity index (χ1) is 6.97. The lowest BCUT2D eigenvalue weighted by atomic mass is 10.2. The SMILES string of the molecule is COc1cc(C(N)=O)c(Cl)nc1C(F)F. The number of carbonyl (C=O) groups excluding carboxylic acids is 1. The van der Waals surface area contributed by atoms with E-state index in [1.165, 1.54) is 7.11 Å². The fraction of sp³-hybridized carbons (Fsp3) is 0.250. The molecule has 82 valence electrons. The van der Waals surface area contributed by atoms with Crippen LogP contribution in [0.3, 0.4) is 0 Å². The van der Waals surface area contributed by atoms with Crippen LogP contribution in [0, 0.1) is 0 Å². The quantitative estimate of drug-likeness (QED) is 0.814. The summed E-state index contributed by atoms with van der Waals surface area (Å²) in [5.74, 6) is -1.07. The summed E-state index contributed by atoms with van der Waals surface area (Å²) in [5, 5.41) is -0.362. The number of methoxy groups -OCH3 is 1. The van der Waals surface area contributed by atoms with Crippen molar-refractivity contribution in [3.05, 3.63) is 22.5 Å². The number of pyridine rings is 1. The van der Waals surface area contributed by atoms with Crippen molar-refractivity contribution < 1.29 is 18.3 Å². The third-order valence-electron chi connectivity index (χ3n) is 1.66. The maximum atomic E-state index is 12.4. The van der Waals surface area contributed by atoms with Gasteiger partial charge in [-0.2, -0.15) is 0 Å². The Balaban J connectivity index is 3.35. The van der Waals surface area contributed by atoms with E-state index in [4.69, 9.17) is 17.3 Å². The lowest BCUT2D eigenvalue weighted by Gasteiger charge is -2.09. The van der Waals surface area contributed by atoms with Gasteiger partial charge in [0.15, 0.2) is 0 Å². The van der Waals surface area contributed by atoms with Gasteiger partial charge < -0.3 is 10.5 Å². The van der Waals surface area contributed by atoms with Gasteiger partial charge in [0.05, 0.1) is 12.7 Å². The number of aromatic nitrogens is 1. The van der Waals surface area contributed by atoms with E-state index in [0.29, 0.717) is 0 Å². The van der Waals surface area contributed by atoms with Gasteiger partial charge in [-0.1, -0.05) is 11.6 Å². The molecule has 2 N–H and O–H groups in total. The Morgan fingerprint density at radius 2 is 2.27 bits per heavy atom. The minimum Gasteiger partial charge on any atom is -0.495 e.